The largest absolute Gasteiger partial charge is 0.419 e. The van der Waals surface area contributed by atoms with Crippen molar-refractivity contribution in [1.29, 1.82) is 0 Å². The molecule has 0 saturated carbocycles. The summed E-state index contributed by atoms with van der Waals surface area (Å²) in [6.45, 7) is 5.73. The molecule has 0 N–H and O–H groups in total. The molecule has 0 radical (unpaired) electrons. The minimum absolute atomic E-state index is 0.131. The van der Waals surface area contributed by atoms with Crippen molar-refractivity contribution < 1.29 is 9.21 Å². The van der Waals surface area contributed by atoms with Crippen molar-refractivity contribution in [2.75, 3.05) is 13.1 Å². The first-order chi connectivity index (χ1) is 10.1. The Kier molecular flexibility index (Phi) is 4.83. The number of hydrogen-bond donors (Lipinski definition) is 0. The number of rotatable bonds is 6. The predicted octanol–water partition coefficient (Wildman–Crippen LogP) is 2.32. The number of nitrogens with zero attached hydrogens (tertiary/aromatic N) is 2. The summed E-state index contributed by atoms with van der Waals surface area (Å²) in [4.78, 5) is 25.7. The number of benzene rings is 1. The van der Waals surface area contributed by atoms with E-state index in [1.54, 1.807) is 13.1 Å². The Morgan fingerprint density at radius 1 is 1.24 bits per heavy atom. The smallest absolute Gasteiger partial charge is 0.408 e. The van der Waals surface area contributed by atoms with Crippen LogP contribution in [0.1, 0.15) is 32.3 Å². The van der Waals surface area contributed by atoms with E-state index in [2.05, 4.69) is 13.8 Å². The van der Waals surface area contributed by atoms with Crippen molar-refractivity contribution in [2.24, 2.45) is 7.05 Å². The summed E-state index contributed by atoms with van der Waals surface area (Å²) >= 11 is 0. The van der Waals surface area contributed by atoms with Gasteiger partial charge in [0.25, 0.3) is 0 Å². The van der Waals surface area contributed by atoms with Gasteiger partial charge in [0.1, 0.15) is 0 Å². The summed E-state index contributed by atoms with van der Waals surface area (Å²) in [5, 5.41) is 0. The Morgan fingerprint density at radius 3 is 2.52 bits per heavy atom. The number of aromatic nitrogens is 1. The van der Waals surface area contributed by atoms with Crippen LogP contribution >= 0.6 is 0 Å². The maximum atomic E-state index is 12.4. The molecule has 114 valence electrons. The number of aryl methyl sites for hydroxylation is 1. The lowest BCUT2D eigenvalue weighted by Crippen LogP contribution is -2.33. The minimum atomic E-state index is -0.382. The SMILES string of the molecule is CCCN(CCC)C(=O)Cc1ccc2oc(=O)n(C)c2c1. The molecule has 1 aromatic carbocycles. The molecule has 0 spiro atoms. The monoisotopic (exact) mass is 290 g/mol. The number of amides is 1. The average molecular weight is 290 g/mol. The zero-order valence-electron chi connectivity index (χ0n) is 12.9. The van der Waals surface area contributed by atoms with Crippen LogP contribution < -0.4 is 5.76 Å². The Morgan fingerprint density at radius 2 is 1.90 bits per heavy atom. The average Bonchev–Trinajstić information content (AvgIpc) is 2.74. The number of carbonyl (C=O) groups excluding carboxylic acids is 1. The quantitative estimate of drug-likeness (QED) is 0.820. The molecule has 2 aromatic rings. The Labute approximate surface area is 124 Å². The lowest BCUT2D eigenvalue weighted by molar-refractivity contribution is -0.130. The molecule has 2 rings (SSSR count). The van der Waals surface area contributed by atoms with Crippen LogP contribution in [0.15, 0.2) is 27.4 Å². The molecular weight excluding hydrogens is 268 g/mol. The molecule has 0 bridgehead atoms. The summed E-state index contributed by atoms with van der Waals surface area (Å²) in [6.07, 6.45) is 2.28. The number of oxazole rings is 1. The van der Waals surface area contributed by atoms with E-state index in [-0.39, 0.29) is 11.7 Å². The third-order valence-electron chi connectivity index (χ3n) is 3.55. The number of fused-ring (bicyclic) bond motifs is 1. The summed E-state index contributed by atoms with van der Waals surface area (Å²) in [5.74, 6) is -0.251. The van der Waals surface area contributed by atoms with Crippen molar-refractivity contribution in [2.45, 2.75) is 33.1 Å². The molecule has 0 atom stereocenters. The van der Waals surface area contributed by atoms with Gasteiger partial charge < -0.3 is 9.32 Å². The number of carbonyl (C=O) groups is 1. The van der Waals surface area contributed by atoms with Gasteiger partial charge in [0.15, 0.2) is 5.58 Å². The Hall–Kier alpha value is -2.04. The van der Waals surface area contributed by atoms with Crippen molar-refractivity contribution in [3.63, 3.8) is 0 Å². The fourth-order valence-electron chi connectivity index (χ4n) is 2.47. The van der Waals surface area contributed by atoms with Crippen LogP contribution in [0.3, 0.4) is 0 Å². The molecular formula is C16H22N2O3. The topological polar surface area (TPSA) is 55.5 Å². The Bertz CT molecular complexity index is 678. The zero-order chi connectivity index (χ0) is 15.4. The van der Waals surface area contributed by atoms with Gasteiger partial charge in [0, 0.05) is 20.1 Å². The van der Waals surface area contributed by atoms with Crippen LogP contribution in [0, 0.1) is 0 Å². The van der Waals surface area contributed by atoms with E-state index in [9.17, 15) is 9.59 Å². The third kappa shape index (κ3) is 3.35. The molecule has 0 saturated heterocycles. The fourth-order valence-corrected chi connectivity index (χ4v) is 2.47. The van der Waals surface area contributed by atoms with E-state index >= 15 is 0 Å². The zero-order valence-corrected chi connectivity index (χ0v) is 12.9. The van der Waals surface area contributed by atoms with Gasteiger partial charge in [0.2, 0.25) is 5.91 Å². The van der Waals surface area contributed by atoms with E-state index in [0.717, 1.165) is 37.0 Å². The summed E-state index contributed by atoms with van der Waals surface area (Å²) in [7, 11) is 1.67. The Balaban J connectivity index is 2.20. The van der Waals surface area contributed by atoms with E-state index in [1.165, 1.54) is 4.57 Å². The van der Waals surface area contributed by atoms with Crippen LogP contribution in [0.2, 0.25) is 0 Å². The molecule has 1 amide bonds. The second-order valence-corrected chi connectivity index (χ2v) is 5.29. The van der Waals surface area contributed by atoms with Gasteiger partial charge in [0.05, 0.1) is 11.9 Å². The lowest BCUT2D eigenvalue weighted by atomic mass is 10.1. The van der Waals surface area contributed by atoms with Gasteiger partial charge in [-0.15, -0.1) is 0 Å². The van der Waals surface area contributed by atoms with E-state index in [1.807, 2.05) is 17.0 Å². The van der Waals surface area contributed by atoms with Gasteiger partial charge in [-0.3, -0.25) is 9.36 Å². The highest BCUT2D eigenvalue weighted by molar-refractivity contribution is 5.81. The summed E-state index contributed by atoms with van der Waals surface area (Å²) in [6, 6.07) is 5.46. The van der Waals surface area contributed by atoms with E-state index < -0.39 is 0 Å². The molecule has 5 nitrogen and oxygen atoms in total. The molecule has 0 fully saturated rings. The molecule has 5 heteroatoms. The molecule has 0 unspecified atom stereocenters. The van der Waals surface area contributed by atoms with Gasteiger partial charge in [-0.2, -0.15) is 0 Å². The highest BCUT2D eigenvalue weighted by atomic mass is 16.4. The highest BCUT2D eigenvalue weighted by Crippen LogP contribution is 2.15. The van der Waals surface area contributed by atoms with Crippen molar-refractivity contribution in [3.05, 3.63) is 34.3 Å². The van der Waals surface area contributed by atoms with E-state index in [0.29, 0.717) is 12.0 Å². The number of hydrogen-bond acceptors (Lipinski definition) is 3. The van der Waals surface area contributed by atoms with Crippen molar-refractivity contribution in [1.82, 2.24) is 9.47 Å². The molecule has 0 aliphatic heterocycles. The second kappa shape index (κ2) is 6.61. The molecule has 1 aromatic heterocycles. The van der Waals surface area contributed by atoms with E-state index in [4.69, 9.17) is 4.42 Å². The fraction of sp³-hybridized carbons (Fsp3) is 0.500. The molecule has 0 aliphatic rings. The first-order valence-electron chi connectivity index (χ1n) is 7.43. The van der Waals surface area contributed by atoms with Crippen molar-refractivity contribution in [3.8, 4) is 0 Å². The maximum Gasteiger partial charge on any atom is 0.419 e. The normalized spacial score (nSPS) is 11.0. The summed E-state index contributed by atoms with van der Waals surface area (Å²) < 4.78 is 6.55. The molecule has 0 aliphatic carbocycles. The van der Waals surface area contributed by atoms with Crippen molar-refractivity contribution >= 4 is 17.0 Å². The standard InChI is InChI=1S/C16H22N2O3/c1-4-8-18(9-5-2)15(19)11-12-6-7-14-13(10-12)17(3)16(20)21-14/h6-7,10H,4-5,8-9,11H2,1-3H3. The first-order valence-corrected chi connectivity index (χ1v) is 7.43. The lowest BCUT2D eigenvalue weighted by Gasteiger charge is -2.21. The van der Waals surface area contributed by atoms with Gasteiger partial charge in [-0.05, 0) is 30.5 Å². The molecule has 21 heavy (non-hydrogen) atoms. The van der Waals surface area contributed by atoms with Gasteiger partial charge in [-0.25, -0.2) is 4.79 Å². The van der Waals surface area contributed by atoms with Crippen LogP contribution in [0.5, 0.6) is 0 Å². The van der Waals surface area contributed by atoms with Gasteiger partial charge in [-0.1, -0.05) is 19.9 Å². The molecule has 1 heterocycles. The second-order valence-electron chi connectivity index (χ2n) is 5.29. The predicted molar refractivity (Wildman–Crippen MR) is 82.3 cm³/mol. The van der Waals surface area contributed by atoms with Crippen LogP contribution in [-0.2, 0) is 18.3 Å². The maximum absolute atomic E-state index is 12.4. The summed E-state index contributed by atoms with van der Waals surface area (Å²) in [5.41, 5.74) is 2.18. The highest BCUT2D eigenvalue weighted by Gasteiger charge is 2.14. The van der Waals surface area contributed by atoms with Crippen LogP contribution in [0.25, 0.3) is 11.1 Å². The van der Waals surface area contributed by atoms with Crippen LogP contribution in [-0.4, -0.2) is 28.5 Å². The minimum Gasteiger partial charge on any atom is -0.408 e. The first kappa shape index (κ1) is 15.4. The van der Waals surface area contributed by atoms with Gasteiger partial charge >= 0.3 is 5.76 Å². The van der Waals surface area contributed by atoms with Crippen LogP contribution in [0.4, 0.5) is 0 Å². The third-order valence-corrected chi connectivity index (χ3v) is 3.55.